The fourth-order valence-corrected chi connectivity index (χ4v) is 2.34. The molecule has 20 heavy (non-hydrogen) atoms. The second-order valence-electron chi connectivity index (χ2n) is 4.33. The molecule has 0 spiro atoms. The van der Waals surface area contributed by atoms with E-state index in [0.29, 0.717) is 34.6 Å². The molecule has 0 aliphatic carbocycles. The number of carbonyl (C=O) groups excluding carboxylic acids is 2. The Morgan fingerprint density at radius 3 is 2.70 bits per heavy atom. The maximum atomic E-state index is 11.7. The lowest BCUT2D eigenvalue weighted by Gasteiger charge is -2.23. The molecule has 0 aromatic carbocycles. The third kappa shape index (κ3) is 3.32. The molecule has 2 rings (SSSR count). The third-order valence-electron chi connectivity index (χ3n) is 2.82. The first-order chi connectivity index (χ1) is 9.51. The van der Waals surface area contributed by atoms with Crippen molar-refractivity contribution in [2.75, 3.05) is 17.2 Å². The lowest BCUT2D eigenvalue weighted by molar-refractivity contribution is -0.133. The number of nitrogens with zero attached hydrogens (tertiary/aromatic N) is 1. The van der Waals surface area contributed by atoms with Crippen LogP contribution < -0.4 is 16.0 Å². The molecule has 2 heterocycles. The Balaban J connectivity index is 2.18. The van der Waals surface area contributed by atoms with E-state index >= 15 is 0 Å². The highest BCUT2D eigenvalue weighted by molar-refractivity contribution is 6.37. The standard InChI is InChI=1S/C12H14Cl2N4O2/c1-2-15-10-6(13)5-7(14)11(18-10)16-8-3-4-9(19)17-12(8)20/h5,8H,2-4H2,1H3,(H2,15,16,18)(H,17,19,20). The van der Waals surface area contributed by atoms with Gasteiger partial charge in [-0.3, -0.25) is 14.9 Å². The zero-order valence-electron chi connectivity index (χ0n) is 10.8. The summed E-state index contributed by atoms with van der Waals surface area (Å²) in [6.07, 6.45) is 0.691. The SMILES string of the molecule is CCNc1nc(NC2CCC(=O)NC2=O)c(Cl)cc1Cl. The average molecular weight is 317 g/mol. The number of amides is 2. The number of rotatable bonds is 4. The maximum absolute atomic E-state index is 11.7. The van der Waals surface area contributed by atoms with Crippen molar-refractivity contribution < 1.29 is 9.59 Å². The van der Waals surface area contributed by atoms with Gasteiger partial charge in [0.2, 0.25) is 11.8 Å². The third-order valence-corrected chi connectivity index (χ3v) is 3.40. The van der Waals surface area contributed by atoms with Crippen LogP contribution in [0.15, 0.2) is 6.07 Å². The van der Waals surface area contributed by atoms with Crippen LogP contribution in [0.4, 0.5) is 11.6 Å². The van der Waals surface area contributed by atoms with Gasteiger partial charge in [0, 0.05) is 13.0 Å². The zero-order valence-corrected chi connectivity index (χ0v) is 12.3. The van der Waals surface area contributed by atoms with Crippen molar-refractivity contribution in [2.45, 2.75) is 25.8 Å². The molecular formula is C12H14Cl2N4O2. The Bertz CT molecular complexity index is 551. The fourth-order valence-electron chi connectivity index (χ4n) is 1.86. The summed E-state index contributed by atoms with van der Waals surface area (Å²) in [4.78, 5) is 27.0. The van der Waals surface area contributed by atoms with Crippen LogP contribution in [-0.2, 0) is 9.59 Å². The highest BCUT2D eigenvalue weighted by atomic mass is 35.5. The van der Waals surface area contributed by atoms with Gasteiger partial charge in [-0.25, -0.2) is 4.98 Å². The van der Waals surface area contributed by atoms with Crippen LogP contribution in [0, 0.1) is 0 Å². The molecule has 0 saturated carbocycles. The van der Waals surface area contributed by atoms with Gasteiger partial charge in [-0.15, -0.1) is 0 Å². The van der Waals surface area contributed by atoms with Crippen LogP contribution in [0.25, 0.3) is 0 Å². The Morgan fingerprint density at radius 2 is 2.05 bits per heavy atom. The van der Waals surface area contributed by atoms with Crippen molar-refractivity contribution >= 4 is 46.7 Å². The van der Waals surface area contributed by atoms with Gasteiger partial charge in [0.25, 0.3) is 0 Å². The summed E-state index contributed by atoms with van der Waals surface area (Å²) in [5.74, 6) is 0.213. The summed E-state index contributed by atoms with van der Waals surface area (Å²) in [5.41, 5.74) is 0. The molecule has 1 saturated heterocycles. The molecule has 1 aromatic heterocycles. The number of nitrogens with one attached hydrogen (secondary N) is 3. The first kappa shape index (κ1) is 14.9. The largest absolute Gasteiger partial charge is 0.369 e. The van der Waals surface area contributed by atoms with E-state index in [9.17, 15) is 9.59 Å². The Morgan fingerprint density at radius 1 is 1.35 bits per heavy atom. The summed E-state index contributed by atoms with van der Waals surface area (Å²) in [7, 11) is 0. The van der Waals surface area contributed by atoms with Gasteiger partial charge in [0.15, 0.2) is 0 Å². The van der Waals surface area contributed by atoms with Crippen LogP contribution in [-0.4, -0.2) is 29.4 Å². The van der Waals surface area contributed by atoms with Crippen molar-refractivity contribution in [3.63, 3.8) is 0 Å². The molecule has 1 aliphatic heterocycles. The van der Waals surface area contributed by atoms with Crippen LogP contribution in [0.3, 0.4) is 0 Å². The number of carbonyl (C=O) groups is 2. The van der Waals surface area contributed by atoms with Gasteiger partial charge in [-0.1, -0.05) is 23.2 Å². The van der Waals surface area contributed by atoms with E-state index in [1.54, 1.807) is 6.07 Å². The van der Waals surface area contributed by atoms with E-state index in [-0.39, 0.29) is 18.2 Å². The van der Waals surface area contributed by atoms with Gasteiger partial charge >= 0.3 is 0 Å². The molecule has 2 amide bonds. The van der Waals surface area contributed by atoms with Gasteiger partial charge in [0.05, 0.1) is 10.0 Å². The molecule has 1 atom stereocenters. The monoisotopic (exact) mass is 316 g/mol. The smallest absolute Gasteiger partial charge is 0.249 e. The molecule has 1 aromatic rings. The van der Waals surface area contributed by atoms with Gasteiger partial charge < -0.3 is 10.6 Å². The minimum Gasteiger partial charge on any atom is -0.369 e. The molecular weight excluding hydrogens is 303 g/mol. The van der Waals surface area contributed by atoms with Crippen molar-refractivity contribution in [2.24, 2.45) is 0 Å². The lowest BCUT2D eigenvalue weighted by Crippen LogP contribution is -2.47. The number of hydrogen-bond acceptors (Lipinski definition) is 5. The number of hydrogen-bond donors (Lipinski definition) is 3. The summed E-state index contributed by atoms with van der Waals surface area (Å²) in [6.45, 7) is 2.58. The number of aromatic nitrogens is 1. The van der Waals surface area contributed by atoms with E-state index in [4.69, 9.17) is 23.2 Å². The van der Waals surface area contributed by atoms with Crippen molar-refractivity contribution in [3.8, 4) is 0 Å². The second-order valence-corrected chi connectivity index (χ2v) is 5.14. The Labute approximate surface area is 126 Å². The first-order valence-electron chi connectivity index (χ1n) is 6.21. The first-order valence-corrected chi connectivity index (χ1v) is 6.97. The number of anilines is 2. The minimum absolute atomic E-state index is 0.267. The topological polar surface area (TPSA) is 83.1 Å². The van der Waals surface area contributed by atoms with E-state index in [0.717, 1.165) is 0 Å². The molecule has 1 fully saturated rings. The summed E-state index contributed by atoms with van der Waals surface area (Å²) in [6, 6.07) is 1.02. The fraction of sp³-hybridized carbons (Fsp3) is 0.417. The Kier molecular flexibility index (Phi) is 4.67. The predicted molar refractivity (Wildman–Crippen MR) is 78.2 cm³/mol. The molecule has 0 radical (unpaired) electrons. The molecule has 1 unspecified atom stereocenters. The number of pyridine rings is 1. The zero-order chi connectivity index (χ0) is 14.7. The molecule has 1 aliphatic rings. The van der Waals surface area contributed by atoms with Gasteiger partial charge in [-0.2, -0.15) is 0 Å². The highest BCUT2D eigenvalue weighted by Crippen LogP contribution is 2.30. The molecule has 3 N–H and O–H groups in total. The van der Waals surface area contributed by atoms with Crippen LogP contribution in [0.1, 0.15) is 19.8 Å². The predicted octanol–water partition coefficient (Wildman–Crippen LogP) is 2.04. The number of piperidine rings is 1. The van der Waals surface area contributed by atoms with Crippen LogP contribution in [0.5, 0.6) is 0 Å². The summed E-state index contributed by atoms with van der Waals surface area (Å²) in [5, 5.41) is 8.94. The van der Waals surface area contributed by atoms with Crippen molar-refractivity contribution in [1.82, 2.24) is 10.3 Å². The Hall–Kier alpha value is -1.53. The second kappa shape index (κ2) is 6.28. The van der Waals surface area contributed by atoms with Crippen LogP contribution in [0.2, 0.25) is 10.0 Å². The molecule has 108 valence electrons. The average Bonchev–Trinajstić information content (AvgIpc) is 2.38. The minimum atomic E-state index is -0.534. The molecule has 0 bridgehead atoms. The number of halogens is 2. The highest BCUT2D eigenvalue weighted by Gasteiger charge is 2.27. The van der Waals surface area contributed by atoms with E-state index in [1.807, 2.05) is 6.92 Å². The van der Waals surface area contributed by atoms with E-state index in [2.05, 4.69) is 20.9 Å². The summed E-state index contributed by atoms with van der Waals surface area (Å²) >= 11 is 12.1. The van der Waals surface area contributed by atoms with E-state index < -0.39 is 6.04 Å². The normalized spacial score (nSPS) is 18.6. The lowest BCUT2D eigenvalue weighted by atomic mass is 10.1. The quantitative estimate of drug-likeness (QED) is 0.740. The van der Waals surface area contributed by atoms with Crippen molar-refractivity contribution in [1.29, 1.82) is 0 Å². The van der Waals surface area contributed by atoms with Crippen LogP contribution >= 0.6 is 23.2 Å². The molecule has 8 heteroatoms. The van der Waals surface area contributed by atoms with Crippen molar-refractivity contribution in [3.05, 3.63) is 16.1 Å². The van der Waals surface area contributed by atoms with E-state index in [1.165, 1.54) is 0 Å². The summed E-state index contributed by atoms with van der Waals surface area (Å²) < 4.78 is 0. The van der Waals surface area contributed by atoms with Gasteiger partial charge in [-0.05, 0) is 19.4 Å². The number of imide groups is 1. The maximum Gasteiger partial charge on any atom is 0.249 e. The molecule has 6 nitrogen and oxygen atoms in total. The van der Waals surface area contributed by atoms with Gasteiger partial charge in [0.1, 0.15) is 17.7 Å².